The minimum absolute atomic E-state index is 0.221. The number of benzene rings is 3. The quantitative estimate of drug-likeness (QED) is 0.0635. The number of nitrogens with two attached hydrogens (primary N) is 3. The van der Waals surface area contributed by atoms with Gasteiger partial charge in [0, 0.05) is 17.1 Å². The maximum atomic E-state index is 13.6. The molecule has 0 aliphatic carbocycles. The van der Waals surface area contributed by atoms with Gasteiger partial charge in [-0.15, -0.1) is 23.1 Å². The number of aryl methyl sites for hydroxylation is 2. The van der Waals surface area contributed by atoms with Crippen LogP contribution in [0.25, 0.3) is 11.1 Å². The maximum absolute atomic E-state index is 13.6. The fourth-order valence-electron chi connectivity index (χ4n) is 4.21. The number of rotatable bonds is 10. The predicted octanol–water partition coefficient (Wildman–Crippen LogP) is 5.55. The third kappa shape index (κ3) is 7.09. The minimum atomic E-state index is -3.76. The minimum Gasteiger partial charge on any atom is -0.370 e. The second-order valence-electron chi connectivity index (χ2n) is 9.07. The molecule has 0 bridgehead atoms. The summed E-state index contributed by atoms with van der Waals surface area (Å²) in [7, 11) is -3.76. The Kier molecular flexibility index (Phi) is 9.47. The Balaban J connectivity index is 1.49. The van der Waals surface area contributed by atoms with Crippen LogP contribution < -0.4 is 22.5 Å². The van der Waals surface area contributed by atoms with Gasteiger partial charge in [0.1, 0.15) is 0 Å². The summed E-state index contributed by atoms with van der Waals surface area (Å²) < 4.78 is 27.8. The number of guanidine groups is 1. The third-order valence-corrected chi connectivity index (χ3v) is 10.6. The van der Waals surface area contributed by atoms with Crippen molar-refractivity contribution in [2.24, 2.45) is 22.2 Å². The van der Waals surface area contributed by atoms with Crippen molar-refractivity contribution in [2.75, 3.05) is 18.1 Å². The smallest absolute Gasteiger partial charge is 0.208 e. The fourth-order valence-corrected chi connectivity index (χ4v) is 8.18. The summed E-state index contributed by atoms with van der Waals surface area (Å²) in [6, 6.07) is 24.7. The molecule has 1 heterocycles. The summed E-state index contributed by atoms with van der Waals surface area (Å²) in [5.41, 5.74) is 22.5. The molecule has 4 rings (SSSR count). The highest BCUT2D eigenvalue weighted by Crippen LogP contribution is 2.39. The molecule has 0 unspecified atom stereocenters. The number of thiophene rings is 1. The number of anilines is 1. The van der Waals surface area contributed by atoms with Crippen LogP contribution in [0.2, 0.25) is 0 Å². The molecule has 0 aliphatic heterocycles. The van der Waals surface area contributed by atoms with E-state index < -0.39 is 16.0 Å². The first-order chi connectivity index (χ1) is 18.7. The van der Waals surface area contributed by atoms with Crippen molar-refractivity contribution < 1.29 is 8.42 Å². The van der Waals surface area contributed by atoms with Crippen molar-refractivity contribution in [1.82, 2.24) is 0 Å². The molecule has 0 saturated heterocycles. The Morgan fingerprint density at radius 3 is 2.49 bits per heavy atom. The van der Waals surface area contributed by atoms with E-state index in [-0.39, 0.29) is 9.79 Å². The van der Waals surface area contributed by atoms with Gasteiger partial charge in [-0.3, -0.25) is 4.99 Å². The van der Waals surface area contributed by atoms with Gasteiger partial charge >= 0.3 is 0 Å². The van der Waals surface area contributed by atoms with E-state index in [9.17, 15) is 8.42 Å². The summed E-state index contributed by atoms with van der Waals surface area (Å²) in [5, 5.41) is 3.15. The van der Waals surface area contributed by atoms with Gasteiger partial charge in [-0.1, -0.05) is 48.5 Å². The van der Waals surface area contributed by atoms with Gasteiger partial charge < -0.3 is 22.5 Å². The lowest BCUT2D eigenvalue weighted by molar-refractivity contribution is 0.595. The molecule has 0 atom stereocenters. The van der Waals surface area contributed by atoms with Crippen molar-refractivity contribution in [3.63, 3.8) is 0 Å². The van der Waals surface area contributed by atoms with Crippen molar-refractivity contribution in [3.05, 3.63) is 94.9 Å². The van der Waals surface area contributed by atoms with Crippen LogP contribution in [0.5, 0.6) is 0 Å². The molecule has 39 heavy (non-hydrogen) atoms. The molecule has 204 valence electrons. The van der Waals surface area contributed by atoms with Gasteiger partial charge in [0.2, 0.25) is 9.84 Å². The first-order valence-corrected chi connectivity index (χ1v) is 16.0. The Morgan fingerprint density at radius 2 is 1.79 bits per heavy atom. The van der Waals surface area contributed by atoms with Gasteiger partial charge in [0.05, 0.1) is 20.2 Å². The summed E-state index contributed by atoms with van der Waals surface area (Å²) in [5.74, 6) is 0.361. The van der Waals surface area contributed by atoms with Crippen LogP contribution in [0.1, 0.15) is 28.6 Å². The summed E-state index contributed by atoms with van der Waals surface area (Å²) >= 11 is 2.68. The number of thioether (sulfide) groups is 1. The highest BCUT2D eigenvalue weighted by Gasteiger charge is 2.25. The summed E-state index contributed by atoms with van der Waals surface area (Å²) in [6.07, 6.45) is 2.98. The number of hydrogen-bond donors (Lipinski definition) is 4. The lowest BCUT2D eigenvalue weighted by atomic mass is 10.00. The Bertz CT molecular complexity index is 1570. The van der Waals surface area contributed by atoms with Gasteiger partial charge in [0.25, 0.3) is 0 Å². The predicted molar refractivity (Wildman–Crippen MR) is 164 cm³/mol. The standard InChI is InChI=1S/C29H33N5O2S3/c1-19-16-22(34-29(32)33-15-7-10-20-8-4-3-5-9-20)13-14-24(19)21-11-6-12-23(17-21)39(35,36)26-18-25(27(30)31)38-28(26)37-2/h3-6,8-9,11-14,16-18,27H,7,10,15,30-31H2,1-2H3,(H3,32,33,34). The lowest BCUT2D eigenvalue weighted by Crippen LogP contribution is -2.23. The van der Waals surface area contributed by atoms with Gasteiger partial charge in [-0.2, -0.15) is 0 Å². The first-order valence-electron chi connectivity index (χ1n) is 12.4. The molecule has 0 spiro atoms. The topological polar surface area (TPSA) is 137 Å². The van der Waals surface area contributed by atoms with Gasteiger partial charge in [-0.25, -0.2) is 8.42 Å². The van der Waals surface area contributed by atoms with E-state index in [0.717, 1.165) is 35.2 Å². The van der Waals surface area contributed by atoms with Gasteiger partial charge in [0.15, 0.2) is 5.96 Å². The van der Waals surface area contributed by atoms with E-state index in [0.29, 0.717) is 21.6 Å². The molecular formula is C29H33N5O2S3. The Morgan fingerprint density at radius 1 is 1.03 bits per heavy atom. The molecule has 0 fully saturated rings. The summed E-state index contributed by atoms with van der Waals surface area (Å²) in [4.78, 5) is 5.53. The highest BCUT2D eigenvalue weighted by molar-refractivity contribution is 8.01. The number of sulfone groups is 1. The average Bonchev–Trinajstić information content (AvgIpc) is 3.38. The molecule has 4 aromatic rings. The van der Waals surface area contributed by atoms with Crippen molar-refractivity contribution in [1.29, 1.82) is 0 Å². The zero-order chi connectivity index (χ0) is 28.0. The lowest BCUT2D eigenvalue weighted by Gasteiger charge is -2.12. The zero-order valence-corrected chi connectivity index (χ0v) is 24.4. The number of hydrogen-bond acceptors (Lipinski definition) is 7. The SMILES string of the molecule is CSc1sc(C(N)N)cc1S(=O)(=O)c1cccc(-c2ccc(NC(N)=NCCCc3ccccc3)cc2C)c1. The highest BCUT2D eigenvalue weighted by atomic mass is 32.2. The van der Waals surface area contributed by atoms with Crippen LogP contribution in [-0.2, 0) is 16.3 Å². The van der Waals surface area contributed by atoms with Crippen LogP contribution in [0, 0.1) is 6.92 Å². The van der Waals surface area contributed by atoms with E-state index in [1.807, 2.05) is 55.6 Å². The van der Waals surface area contributed by atoms with Crippen molar-refractivity contribution in [2.45, 2.75) is 39.9 Å². The molecular weight excluding hydrogens is 547 g/mol. The molecule has 7 N–H and O–H groups in total. The first kappa shape index (κ1) is 28.8. The second kappa shape index (κ2) is 12.8. The van der Waals surface area contributed by atoms with E-state index in [1.54, 1.807) is 24.3 Å². The molecule has 0 aliphatic rings. The van der Waals surface area contributed by atoms with Crippen LogP contribution >= 0.6 is 23.1 Å². The Labute approximate surface area is 238 Å². The number of aliphatic imine (C=N–C) groups is 1. The molecule has 0 saturated carbocycles. The summed E-state index contributed by atoms with van der Waals surface area (Å²) in [6.45, 7) is 2.61. The molecule has 10 heteroatoms. The molecule has 7 nitrogen and oxygen atoms in total. The second-order valence-corrected chi connectivity index (χ2v) is 13.1. The Hall–Kier alpha value is -3.15. The molecule has 3 aromatic carbocycles. The largest absolute Gasteiger partial charge is 0.370 e. The third-order valence-electron chi connectivity index (χ3n) is 6.19. The monoisotopic (exact) mass is 579 g/mol. The van der Waals surface area contributed by atoms with E-state index >= 15 is 0 Å². The van der Waals surface area contributed by atoms with Crippen LogP contribution in [0.3, 0.4) is 0 Å². The number of nitrogens with one attached hydrogen (secondary N) is 1. The van der Waals surface area contributed by atoms with Gasteiger partial charge in [-0.05, 0) is 78.6 Å². The van der Waals surface area contributed by atoms with Crippen LogP contribution in [-0.4, -0.2) is 27.2 Å². The zero-order valence-electron chi connectivity index (χ0n) is 21.9. The van der Waals surface area contributed by atoms with E-state index in [4.69, 9.17) is 17.2 Å². The maximum Gasteiger partial charge on any atom is 0.208 e. The normalized spacial score (nSPS) is 12.2. The van der Waals surface area contributed by atoms with Crippen LogP contribution in [0.4, 0.5) is 5.69 Å². The fraction of sp³-hybridized carbons (Fsp3) is 0.207. The molecule has 0 amide bonds. The molecule has 1 aromatic heterocycles. The van der Waals surface area contributed by atoms with Crippen LogP contribution in [0.15, 0.2) is 97.9 Å². The average molecular weight is 580 g/mol. The van der Waals surface area contributed by atoms with E-state index in [2.05, 4.69) is 22.4 Å². The molecule has 0 radical (unpaired) electrons. The van der Waals surface area contributed by atoms with Crippen molar-refractivity contribution in [3.8, 4) is 11.1 Å². The van der Waals surface area contributed by atoms with E-state index in [1.165, 1.54) is 28.7 Å². The van der Waals surface area contributed by atoms with Crippen molar-refractivity contribution >= 4 is 44.6 Å². The number of nitrogens with zero attached hydrogens (tertiary/aromatic N) is 1.